The number of benzene rings is 1. The van der Waals surface area contributed by atoms with E-state index in [9.17, 15) is 9.59 Å². The van der Waals surface area contributed by atoms with Gasteiger partial charge >= 0.3 is 5.97 Å². The fourth-order valence-corrected chi connectivity index (χ4v) is 2.51. The maximum absolute atomic E-state index is 12.2. The molecule has 0 radical (unpaired) electrons. The molecule has 0 aliphatic rings. The Kier molecular flexibility index (Phi) is 6.76. The van der Waals surface area contributed by atoms with Crippen LogP contribution in [0.3, 0.4) is 0 Å². The van der Waals surface area contributed by atoms with Crippen LogP contribution in [0.25, 0.3) is 0 Å². The van der Waals surface area contributed by atoms with E-state index in [0.29, 0.717) is 10.5 Å². The van der Waals surface area contributed by atoms with Gasteiger partial charge in [0.05, 0.1) is 23.3 Å². The number of carboxylic acids is 1. The van der Waals surface area contributed by atoms with Crippen molar-refractivity contribution in [2.24, 2.45) is 11.8 Å². The number of carboxylic acid groups (broad SMARTS) is 1. The van der Waals surface area contributed by atoms with Gasteiger partial charge in [0, 0.05) is 11.4 Å². The zero-order valence-electron chi connectivity index (χ0n) is 12.0. The lowest BCUT2D eigenvalue weighted by atomic mass is 9.96. The molecule has 0 spiro atoms. The maximum atomic E-state index is 12.2. The summed E-state index contributed by atoms with van der Waals surface area (Å²) >= 11 is 1.28. The Morgan fingerprint density at radius 2 is 2.05 bits per heavy atom. The van der Waals surface area contributed by atoms with Gasteiger partial charge in [-0.05, 0) is 18.1 Å². The monoisotopic (exact) mass is 306 g/mol. The van der Waals surface area contributed by atoms with Crippen LogP contribution >= 0.6 is 11.8 Å². The van der Waals surface area contributed by atoms with Gasteiger partial charge < -0.3 is 10.4 Å². The summed E-state index contributed by atoms with van der Waals surface area (Å²) in [6, 6.07) is 8.99. The number of hydrogen-bond acceptors (Lipinski definition) is 4. The second-order valence-electron chi connectivity index (χ2n) is 4.84. The van der Waals surface area contributed by atoms with Crippen LogP contribution in [0.15, 0.2) is 29.2 Å². The first-order chi connectivity index (χ1) is 9.97. The van der Waals surface area contributed by atoms with Gasteiger partial charge in [0.15, 0.2) is 0 Å². The van der Waals surface area contributed by atoms with E-state index in [0.717, 1.165) is 0 Å². The molecule has 1 aromatic rings. The maximum Gasteiger partial charge on any atom is 0.308 e. The Morgan fingerprint density at radius 1 is 1.38 bits per heavy atom. The third-order valence-electron chi connectivity index (χ3n) is 3.03. The molecular formula is C15H18N2O3S. The summed E-state index contributed by atoms with van der Waals surface area (Å²) < 4.78 is 0. The van der Waals surface area contributed by atoms with Crippen molar-refractivity contribution in [1.82, 2.24) is 5.32 Å². The van der Waals surface area contributed by atoms with E-state index in [1.807, 2.05) is 19.9 Å². The van der Waals surface area contributed by atoms with Crippen molar-refractivity contribution in [1.29, 1.82) is 5.26 Å². The fraction of sp³-hybridized carbons (Fsp3) is 0.400. The summed E-state index contributed by atoms with van der Waals surface area (Å²) in [7, 11) is 0. The molecule has 0 aliphatic heterocycles. The standard InChI is InChI=1S/C15H18N2O3S/c1-10(2)12(15(19)20)9-17-14(18)11-5-3-4-6-13(11)21-8-7-16/h3-6,10,12H,8-9H2,1-2H3,(H,17,18)(H,19,20). The number of hydrogen-bond donors (Lipinski definition) is 2. The second kappa shape index (κ2) is 8.32. The van der Waals surface area contributed by atoms with E-state index in [-0.39, 0.29) is 24.1 Å². The zero-order valence-corrected chi connectivity index (χ0v) is 12.8. The lowest BCUT2D eigenvalue weighted by Gasteiger charge is -2.17. The van der Waals surface area contributed by atoms with Crippen LogP contribution in [0.5, 0.6) is 0 Å². The summed E-state index contributed by atoms with van der Waals surface area (Å²) in [5, 5.41) is 20.4. The first kappa shape index (κ1) is 17.1. The zero-order chi connectivity index (χ0) is 15.8. The van der Waals surface area contributed by atoms with Crippen LogP contribution in [0.2, 0.25) is 0 Å². The van der Waals surface area contributed by atoms with Gasteiger partial charge in [-0.1, -0.05) is 26.0 Å². The van der Waals surface area contributed by atoms with Crippen molar-refractivity contribution in [3.8, 4) is 6.07 Å². The van der Waals surface area contributed by atoms with Gasteiger partial charge in [-0.25, -0.2) is 0 Å². The molecule has 0 aliphatic carbocycles. The number of carbonyl (C=O) groups excluding carboxylic acids is 1. The highest BCUT2D eigenvalue weighted by Crippen LogP contribution is 2.22. The summed E-state index contributed by atoms with van der Waals surface area (Å²) in [4.78, 5) is 24.0. The summed E-state index contributed by atoms with van der Waals surface area (Å²) in [5.41, 5.74) is 0.464. The highest BCUT2D eigenvalue weighted by Gasteiger charge is 2.22. The van der Waals surface area contributed by atoms with Crippen molar-refractivity contribution in [2.75, 3.05) is 12.3 Å². The van der Waals surface area contributed by atoms with E-state index in [4.69, 9.17) is 10.4 Å². The SMILES string of the molecule is CC(C)C(CNC(=O)c1ccccc1SCC#N)C(=O)O. The highest BCUT2D eigenvalue weighted by molar-refractivity contribution is 7.99. The molecule has 6 heteroatoms. The smallest absolute Gasteiger partial charge is 0.308 e. The average molecular weight is 306 g/mol. The van der Waals surface area contributed by atoms with E-state index >= 15 is 0 Å². The van der Waals surface area contributed by atoms with E-state index < -0.39 is 11.9 Å². The molecule has 1 atom stereocenters. The number of aliphatic carboxylic acids is 1. The molecule has 0 bridgehead atoms. The normalized spacial score (nSPS) is 11.7. The summed E-state index contributed by atoms with van der Waals surface area (Å²) in [6.07, 6.45) is 0. The van der Waals surface area contributed by atoms with Gasteiger partial charge in [-0.3, -0.25) is 9.59 Å². The number of thioether (sulfide) groups is 1. The molecule has 0 aromatic heterocycles. The Labute approximate surface area is 128 Å². The highest BCUT2D eigenvalue weighted by atomic mass is 32.2. The number of amides is 1. The van der Waals surface area contributed by atoms with Gasteiger partial charge in [-0.15, -0.1) is 11.8 Å². The molecule has 1 amide bonds. The third-order valence-corrected chi connectivity index (χ3v) is 3.97. The number of nitriles is 1. The van der Waals surface area contributed by atoms with Crippen LogP contribution in [-0.4, -0.2) is 29.3 Å². The first-order valence-corrected chi connectivity index (χ1v) is 7.55. The van der Waals surface area contributed by atoms with Gasteiger partial charge in [-0.2, -0.15) is 5.26 Å². The fourth-order valence-electron chi connectivity index (χ4n) is 1.80. The van der Waals surface area contributed by atoms with Crippen molar-refractivity contribution < 1.29 is 14.7 Å². The molecule has 21 heavy (non-hydrogen) atoms. The van der Waals surface area contributed by atoms with E-state index in [1.165, 1.54) is 11.8 Å². The molecule has 0 fully saturated rings. The molecular weight excluding hydrogens is 288 g/mol. The second-order valence-corrected chi connectivity index (χ2v) is 5.86. The quantitative estimate of drug-likeness (QED) is 0.755. The molecule has 2 N–H and O–H groups in total. The van der Waals surface area contributed by atoms with Gasteiger partial charge in [0.1, 0.15) is 0 Å². The van der Waals surface area contributed by atoms with Crippen LogP contribution in [0.4, 0.5) is 0 Å². The van der Waals surface area contributed by atoms with Crippen LogP contribution in [0.1, 0.15) is 24.2 Å². The van der Waals surface area contributed by atoms with Crippen LogP contribution < -0.4 is 5.32 Å². The Morgan fingerprint density at radius 3 is 2.62 bits per heavy atom. The number of carbonyl (C=O) groups is 2. The molecule has 5 nitrogen and oxygen atoms in total. The van der Waals surface area contributed by atoms with E-state index in [1.54, 1.807) is 24.3 Å². The molecule has 0 saturated heterocycles. The first-order valence-electron chi connectivity index (χ1n) is 6.57. The minimum Gasteiger partial charge on any atom is -0.481 e. The lowest BCUT2D eigenvalue weighted by molar-refractivity contribution is -0.142. The largest absolute Gasteiger partial charge is 0.481 e. The number of rotatable bonds is 7. The van der Waals surface area contributed by atoms with E-state index in [2.05, 4.69) is 5.32 Å². The van der Waals surface area contributed by atoms with Crippen molar-refractivity contribution in [3.63, 3.8) is 0 Å². The minimum atomic E-state index is -0.919. The van der Waals surface area contributed by atoms with Crippen LogP contribution in [0, 0.1) is 23.2 Å². The predicted molar refractivity (Wildman–Crippen MR) is 81.1 cm³/mol. The molecule has 1 unspecified atom stereocenters. The minimum absolute atomic E-state index is 0.0639. The van der Waals surface area contributed by atoms with Gasteiger partial charge in [0.2, 0.25) is 0 Å². The Hall–Kier alpha value is -2.00. The van der Waals surface area contributed by atoms with Crippen molar-refractivity contribution in [3.05, 3.63) is 29.8 Å². The van der Waals surface area contributed by atoms with Crippen molar-refractivity contribution >= 4 is 23.6 Å². The molecule has 0 saturated carbocycles. The molecule has 0 heterocycles. The van der Waals surface area contributed by atoms with Gasteiger partial charge in [0.25, 0.3) is 5.91 Å². The third kappa shape index (κ3) is 5.12. The Bertz CT molecular complexity index is 552. The topological polar surface area (TPSA) is 90.2 Å². The number of nitrogens with zero attached hydrogens (tertiary/aromatic N) is 1. The van der Waals surface area contributed by atoms with Crippen LogP contribution in [-0.2, 0) is 4.79 Å². The number of nitrogens with one attached hydrogen (secondary N) is 1. The predicted octanol–water partition coefficient (Wildman–Crippen LogP) is 2.39. The molecule has 1 aromatic carbocycles. The molecule has 1 rings (SSSR count). The lowest BCUT2D eigenvalue weighted by Crippen LogP contribution is -2.35. The summed E-state index contributed by atoms with van der Waals surface area (Å²) in [6.45, 7) is 3.70. The molecule has 112 valence electrons. The average Bonchev–Trinajstić information content (AvgIpc) is 2.44. The summed E-state index contributed by atoms with van der Waals surface area (Å²) in [5.74, 6) is -1.66. The van der Waals surface area contributed by atoms with Crippen molar-refractivity contribution in [2.45, 2.75) is 18.7 Å². The Balaban J connectivity index is 2.76.